The van der Waals surface area contributed by atoms with Crippen molar-refractivity contribution in [2.24, 2.45) is 0 Å². The highest BCUT2D eigenvalue weighted by molar-refractivity contribution is 6.30. The molecule has 0 bridgehead atoms. The van der Waals surface area contributed by atoms with E-state index in [9.17, 15) is 9.59 Å². The summed E-state index contributed by atoms with van der Waals surface area (Å²) in [4.78, 5) is 33.6. The third-order valence-electron chi connectivity index (χ3n) is 4.23. The van der Waals surface area contributed by atoms with Crippen molar-refractivity contribution in [2.45, 2.75) is 20.0 Å². The number of carbonyl (C=O) groups excluding carboxylic acids is 1. The average Bonchev–Trinajstić information content (AvgIpc) is 2.66. The Balaban J connectivity index is 1.62. The van der Waals surface area contributed by atoms with E-state index in [0.29, 0.717) is 41.4 Å². The summed E-state index contributed by atoms with van der Waals surface area (Å²) < 4.78 is 0. The van der Waals surface area contributed by atoms with Crippen LogP contribution < -0.4 is 10.9 Å². The van der Waals surface area contributed by atoms with Crippen LogP contribution in [0.4, 0.5) is 0 Å². The minimum Gasteiger partial charge on any atom is -0.351 e. The predicted molar refractivity (Wildman–Crippen MR) is 107 cm³/mol. The fourth-order valence-corrected chi connectivity index (χ4v) is 3.02. The molecule has 0 saturated heterocycles. The molecule has 0 fully saturated rings. The zero-order valence-corrected chi connectivity index (χ0v) is 15.8. The smallest absolute Gasteiger partial charge is 0.258 e. The number of carbonyl (C=O) groups is 1. The van der Waals surface area contributed by atoms with Crippen molar-refractivity contribution < 1.29 is 4.79 Å². The fraction of sp³-hybridized carbons (Fsp3) is 0.250. The lowest BCUT2D eigenvalue weighted by Crippen LogP contribution is -2.37. The number of halogens is 1. The van der Waals surface area contributed by atoms with Crippen LogP contribution in [0.3, 0.4) is 0 Å². The summed E-state index contributed by atoms with van der Waals surface area (Å²) >= 11 is 5.95. The molecule has 6 nitrogen and oxygen atoms in total. The number of benzene rings is 2. The summed E-state index contributed by atoms with van der Waals surface area (Å²) in [7, 11) is 0. The lowest BCUT2D eigenvalue weighted by Gasteiger charge is -2.19. The number of likely N-dealkylation sites (N-methyl/N-ethyl adjacent to an activating group) is 1. The van der Waals surface area contributed by atoms with E-state index < -0.39 is 0 Å². The van der Waals surface area contributed by atoms with Gasteiger partial charge in [-0.25, -0.2) is 4.98 Å². The van der Waals surface area contributed by atoms with Crippen LogP contribution >= 0.6 is 11.6 Å². The first-order chi connectivity index (χ1) is 13.0. The van der Waals surface area contributed by atoms with Gasteiger partial charge in [-0.2, -0.15) is 0 Å². The van der Waals surface area contributed by atoms with Crippen LogP contribution in [0.5, 0.6) is 0 Å². The molecule has 0 aliphatic rings. The lowest BCUT2D eigenvalue weighted by molar-refractivity contribution is -0.122. The highest BCUT2D eigenvalue weighted by Crippen LogP contribution is 2.10. The molecule has 3 aromatic rings. The maximum Gasteiger partial charge on any atom is 0.258 e. The molecule has 0 spiro atoms. The van der Waals surface area contributed by atoms with Crippen molar-refractivity contribution in [1.82, 2.24) is 20.2 Å². The van der Waals surface area contributed by atoms with Gasteiger partial charge in [-0.1, -0.05) is 42.8 Å². The Morgan fingerprint density at radius 1 is 1.22 bits per heavy atom. The third-order valence-corrected chi connectivity index (χ3v) is 4.46. The molecule has 1 aromatic heterocycles. The van der Waals surface area contributed by atoms with Crippen LogP contribution in [0.15, 0.2) is 53.3 Å². The van der Waals surface area contributed by atoms with Gasteiger partial charge in [-0.05, 0) is 36.4 Å². The summed E-state index contributed by atoms with van der Waals surface area (Å²) in [5.74, 6) is 0.447. The fourth-order valence-electron chi connectivity index (χ4n) is 2.81. The SMILES string of the molecule is CCN(CC(=O)NCc1cccc(Cl)c1)Cc1nc2ccccc2c(=O)[nH]1. The molecule has 0 atom stereocenters. The monoisotopic (exact) mass is 384 g/mol. The van der Waals surface area contributed by atoms with Crippen LogP contribution in [-0.2, 0) is 17.9 Å². The molecule has 2 N–H and O–H groups in total. The molecule has 0 aliphatic heterocycles. The number of H-pyrrole nitrogens is 1. The number of aromatic amines is 1. The molecule has 7 heteroatoms. The Bertz CT molecular complexity index is 1000. The third kappa shape index (κ3) is 5.15. The van der Waals surface area contributed by atoms with E-state index in [1.54, 1.807) is 12.1 Å². The minimum atomic E-state index is -0.169. The minimum absolute atomic E-state index is 0.0973. The Morgan fingerprint density at radius 2 is 2.04 bits per heavy atom. The van der Waals surface area contributed by atoms with E-state index in [2.05, 4.69) is 15.3 Å². The summed E-state index contributed by atoms with van der Waals surface area (Å²) in [6.45, 7) is 3.64. The summed E-state index contributed by atoms with van der Waals surface area (Å²) in [6.07, 6.45) is 0. The quantitative estimate of drug-likeness (QED) is 0.656. The number of hydrogen-bond donors (Lipinski definition) is 2. The van der Waals surface area contributed by atoms with Crippen LogP contribution in [0.2, 0.25) is 5.02 Å². The zero-order chi connectivity index (χ0) is 19.2. The summed E-state index contributed by atoms with van der Waals surface area (Å²) in [6, 6.07) is 14.6. The number of nitrogens with zero attached hydrogens (tertiary/aromatic N) is 2. The van der Waals surface area contributed by atoms with Crippen LogP contribution in [-0.4, -0.2) is 33.9 Å². The number of nitrogens with one attached hydrogen (secondary N) is 2. The molecule has 1 amide bonds. The van der Waals surface area contributed by atoms with Gasteiger partial charge in [-0.15, -0.1) is 0 Å². The number of rotatable bonds is 7. The molecule has 0 aliphatic carbocycles. The lowest BCUT2D eigenvalue weighted by atomic mass is 10.2. The number of aromatic nitrogens is 2. The van der Waals surface area contributed by atoms with Crippen LogP contribution in [0.1, 0.15) is 18.3 Å². The zero-order valence-electron chi connectivity index (χ0n) is 15.0. The second kappa shape index (κ2) is 8.79. The van der Waals surface area contributed by atoms with Gasteiger partial charge in [0.2, 0.25) is 5.91 Å². The Kier molecular flexibility index (Phi) is 6.21. The molecular weight excluding hydrogens is 364 g/mol. The highest BCUT2D eigenvalue weighted by atomic mass is 35.5. The van der Waals surface area contributed by atoms with Crippen molar-refractivity contribution in [2.75, 3.05) is 13.1 Å². The van der Waals surface area contributed by atoms with Crippen molar-refractivity contribution >= 4 is 28.4 Å². The van der Waals surface area contributed by atoms with E-state index >= 15 is 0 Å². The van der Waals surface area contributed by atoms with Crippen molar-refractivity contribution in [3.63, 3.8) is 0 Å². The number of para-hydroxylation sites is 1. The molecule has 0 radical (unpaired) electrons. The predicted octanol–water partition coefficient (Wildman–Crippen LogP) is 2.71. The van der Waals surface area contributed by atoms with Gasteiger partial charge >= 0.3 is 0 Å². The number of hydrogen-bond acceptors (Lipinski definition) is 4. The van der Waals surface area contributed by atoms with Crippen LogP contribution in [0, 0.1) is 0 Å². The first-order valence-electron chi connectivity index (χ1n) is 8.76. The molecule has 2 aromatic carbocycles. The Labute approximate surface area is 162 Å². The summed E-state index contributed by atoms with van der Waals surface area (Å²) in [5, 5.41) is 4.09. The van der Waals surface area contributed by atoms with E-state index in [1.807, 2.05) is 48.2 Å². The Hall–Kier alpha value is -2.70. The van der Waals surface area contributed by atoms with E-state index in [1.165, 1.54) is 0 Å². The molecule has 3 rings (SSSR count). The standard InChI is InChI=1S/C20H21ClN4O2/c1-2-25(13-19(26)22-11-14-6-5-7-15(21)10-14)12-18-23-17-9-4-3-8-16(17)20(27)24-18/h3-10H,2,11-13H2,1H3,(H,22,26)(H,23,24,27). The van der Waals surface area contributed by atoms with Crippen molar-refractivity contribution in [3.05, 3.63) is 75.3 Å². The van der Waals surface area contributed by atoms with E-state index in [4.69, 9.17) is 11.6 Å². The topological polar surface area (TPSA) is 78.1 Å². The number of fused-ring (bicyclic) bond motifs is 1. The van der Waals surface area contributed by atoms with Crippen molar-refractivity contribution in [3.8, 4) is 0 Å². The molecular formula is C20H21ClN4O2. The Morgan fingerprint density at radius 3 is 2.81 bits per heavy atom. The maximum atomic E-state index is 12.3. The number of amides is 1. The molecule has 27 heavy (non-hydrogen) atoms. The first-order valence-corrected chi connectivity index (χ1v) is 9.14. The molecule has 0 saturated carbocycles. The van der Waals surface area contributed by atoms with Gasteiger partial charge in [0.05, 0.1) is 24.0 Å². The molecule has 1 heterocycles. The molecule has 0 unspecified atom stereocenters. The van der Waals surface area contributed by atoms with Gasteiger partial charge in [0.1, 0.15) is 5.82 Å². The first kappa shape index (κ1) is 19.1. The highest BCUT2D eigenvalue weighted by Gasteiger charge is 2.12. The average molecular weight is 385 g/mol. The molecule has 140 valence electrons. The van der Waals surface area contributed by atoms with Gasteiger partial charge < -0.3 is 10.3 Å². The van der Waals surface area contributed by atoms with Gasteiger partial charge in [0.25, 0.3) is 5.56 Å². The van der Waals surface area contributed by atoms with Gasteiger partial charge in [0, 0.05) is 11.6 Å². The van der Waals surface area contributed by atoms with Crippen molar-refractivity contribution in [1.29, 1.82) is 0 Å². The van der Waals surface area contributed by atoms with Gasteiger partial charge in [-0.3, -0.25) is 14.5 Å². The van der Waals surface area contributed by atoms with Gasteiger partial charge in [0.15, 0.2) is 0 Å². The van der Waals surface area contributed by atoms with E-state index in [-0.39, 0.29) is 18.0 Å². The van der Waals surface area contributed by atoms with E-state index in [0.717, 1.165) is 5.56 Å². The summed E-state index contributed by atoms with van der Waals surface area (Å²) in [5.41, 5.74) is 1.43. The van der Waals surface area contributed by atoms with Crippen LogP contribution in [0.25, 0.3) is 10.9 Å². The normalized spacial score (nSPS) is 11.1. The second-order valence-electron chi connectivity index (χ2n) is 6.24. The second-order valence-corrected chi connectivity index (χ2v) is 6.68. The largest absolute Gasteiger partial charge is 0.351 e. The maximum absolute atomic E-state index is 12.3.